The number of nitrogens with one attached hydrogen (secondary N) is 3. The van der Waals surface area contributed by atoms with Crippen LogP contribution >= 0.6 is 0 Å². The van der Waals surface area contributed by atoms with Crippen molar-refractivity contribution >= 4 is 23.4 Å². The largest absolute Gasteiger partial charge is 0.349 e. The van der Waals surface area contributed by atoms with E-state index < -0.39 is 29.4 Å². The average Bonchev–Trinajstić information content (AvgIpc) is 3.42. The Kier molecular flexibility index (Phi) is 5.67. The van der Waals surface area contributed by atoms with Gasteiger partial charge in [0.15, 0.2) is 0 Å². The fourth-order valence-corrected chi connectivity index (χ4v) is 2.89. The number of hydrogen-bond acceptors (Lipinski definition) is 3. The second-order valence-electron chi connectivity index (χ2n) is 6.60. The van der Waals surface area contributed by atoms with Crippen LogP contribution in [0.3, 0.4) is 0 Å². The molecule has 1 saturated carbocycles. The summed E-state index contributed by atoms with van der Waals surface area (Å²) in [6.45, 7) is 0.864. The van der Waals surface area contributed by atoms with Gasteiger partial charge in [0.1, 0.15) is 11.6 Å². The van der Waals surface area contributed by atoms with Gasteiger partial charge in [-0.05, 0) is 18.1 Å². The summed E-state index contributed by atoms with van der Waals surface area (Å²) in [5.41, 5.74) is 0.380. The van der Waals surface area contributed by atoms with Gasteiger partial charge in [-0.2, -0.15) is 0 Å². The molecule has 1 aliphatic carbocycles. The van der Waals surface area contributed by atoms with E-state index in [9.17, 15) is 23.2 Å². The van der Waals surface area contributed by atoms with Crippen LogP contribution in [-0.4, -0.2) is 30.3 Å². The summed E-state index contributed by atoms with van der Waals surface area (Å²) < 4.78 is 28.0. The molecule has 28 heavy (non-hydrogen) atoms. The number of anilines is 1. The van der Waals surface area contributed by atoms with Crippen molar-refractivity contribution in [2.24, 2.45) is 0 Å². The summed E-state index contributed by atoms with van der Waals surface area (Å²) in [7, 11) is 0. The highest BCUT2D eigenvalue weighted by Gasteiger charge is 2.39. The minimum Gasteiger partial charge on any atom is -0.349 e. The van der Waals surface area contributed by atoms with E-state index in [0.29, 0.717) is 6.07 Å². The van der Waals surface area contributed by atoms with E-state index in [1.807, 2.05) is 30.3 Å². The molecule has 1 aliphatic rings. The first-order valence-electron chi connectivity index (χ1n) is 8.74. The van der Waals surface area contributed by atoms with Crippen molar-refractivity contribution in [3.05, 3.63) is 65.2 Å². The van der Waals surface area contributed by atoms with Crippen LogP contribution in [0.4, 0.5) is 14.5 Å². The molecule has 2 atom stereocenters. The normalized spacial score (nSPS) is 17.5. The number of rotatable bonds is 6. The number of halogens is 2. The van der Waals surface area contributed by atoms with E-state index in [-0.39, 0.29) is 29.8 Å². The minimum absolute atomic E-state index is 0.128. The highest BCUT2D eigenvalue weighted by molar-refractivity contribution is 5.98. The van der Waals surface area contributed by atoms with Crippen molar-refractivity contribution in [1.82, 2.24) is 10.6 Å². The highest BCUT2D eigenvalue weighted by atomic mass is 19.1. The van der Waals surface area contributed by atoms with Crippen molar-refractivity contribution in [2.45, 2.75) is 25.3 Å². The average molecular weight is 387 g/mol. The molecule has 0 aromatic heterocycles. The molecule has 3 rings (SSSR count). The highest BCUT2D eigenvalue weighted by Crippen LogP contribution is 2.40. The Hall–Kier alpha value is -3.29. The first kappa shape index (κ1) is 19.5. The molecule has 0 bridgehead atoms. The number of benzene rings is 2. The smallest absolute Gasteiger partial charge is 0.254 e. The third kappa shape index (κ3) is 4.70. The van der Waals surface area contributed by atoms with E-state index in [1.54, 1.807) is 0 Å². The molecule has 146 valence electrons. The van der Waals surface area contributed by atoms with Crippen LogP contribution in [0.2, 0.25) is 0 Å². The van der Waals surface area contributed by atoms with E-state index in [2.05, 4.69) is 16.0 Å². The molecule has 0 spiro atoms. The SMILES string of the molecule is CC(=O)NCC(=O)Nc1cc(C(=O)N[C@@H]2C[C@H]2c2ccccc2)c(F)cc1F. The number of carbonyl (C=O) groups excluding carboxylic acids is 3. The summed E-state index contributed by atoms with van der Waals surface area (Å²) >= 11 is 0. The molecule has 3 amide bonds. The fourth-order valence-electron chi connectivity index (χ4n) is 2.89. The molecule has 2 aromatic carbocycles. The third-order valence-corrected chi connectivity index (χ3v) is 4.41. The lowest BCUT2D eigenvalue weighted by Crippen LogP contribution is -2.31. The standard InChI is InChI=1S/C20H19F2N3O3/c1-11(26)23-10-19(27)24-18-8-14(15(21)9-16(18)22)20(28)25-17-7-13(17)12-5-3-2-4-6-12/h2-6,8-9,13,17H,7,10H2,1H3,(H,23,26)(H,24,27)(H,25,28)/t13-,17+/m0/s1. The molecule has 2 aromatic rings. The molecule has 8 heteroatoms. The Labute approximate surface area is 160 Å². The molecular weight excluding hydrogens is 368 g/mol. The van der Waals surface area contributed by atoms with Gasteiger partial charge in [-0.15, -0.1) is 0 Å². The van der Waals surface area contributed by atoms with Crippen molar-refractivity contribution in [3.8, 4) is 0 Å². The Morgan fingerprint density at radius 2 is 1.79 bits per heavy atom. The molecule has 0 radical (unpaired) electrons. The predicted molar refractivity (Wildman–Crippen MR) is 98.7 cm³/mol. The molecule has 6 nitrogen and oxygen atoms in total. The van der Waals surface area contributed by atoms with Gasteiger partial charge >= 0.3 is 0 Å². The van der Waals surface area contributed by atoms with E-state index >= 15 is 0 Å². The van der Waals surface area contributed by atoms with E-state index in [1.165, 1.54) is 6.92 Å². The van der Waals surface area contributed by atoms with Gasteiger partial charge in [0.05, 0.1) is 17.8 Å². The zero-order valence-corrected chi connectivity index (χ0v) is 15.1. The summed E-state index contributed by atoms with van der Waals surface area (Å²) in [6, 6.07) is 11.0. The number of amides is 3. The van der Waals surface area contributed by atoms with Gasteiger partial charge in [0.25, 0.3) is 5.91 Å². The summed E-state index contributed by atoms with van der Waals surface area (Å²) in [6.07, 6.45) is 0.735. The van der Waals surface area contributed by atoms with Crippen LogP contribution in [0.25, 0.3) is 0 Å². The third-order valence-electron chi connectivity index (χ3n) is 4.41. The molecule has 0 saturated heterocycles. The van der Waals surface area contributed by atoms with Crippen molar-refractivity contribution < 1.29 is 23.2 Å². The first-order valence-corrected chi connectivity index (χ1v) is 8.74. The topological polar surface area (TPSA) is 87.3 Å². The van der Waals surface area contributed by atoms with Crippen molar-refractivity contribution in [2.75, 3.05) is 11.9 Å². The second-order valence-corrected chi connectivity index (χ2v) is 6.60. The van der Waals surface area contributed by atoms with Crippen LogP contribution in [0.1, 0.15) is 35.2 Å². The molecule has 3 N–H and O–H groups in total. The van der Waals surface area contributed by atoms with Gasteiger partial charge in [0.2, 0.25) is 11.8 Å². The number of hydrogen-bond donors (Lipinski definition) is 3. The van der Waals surface area contributed by atoms with E-state index in [0.717, 1.165) is 18.1 Å². The first-order chi connectivity index (χ1) is 13.3. The zero-order chi connectivity index (χ0) is 20.3. The van der Waals surface area contributed by atoms with Gasteiger partial charge in [-0.1, -0.05) is 30.3 Å². The Morgan fingerprint density at radius 3 is 2.46 bits per heavy atom. The lowest BCUT2D eigenvalue weighted by molar-refractivity contribution is -0.122. The lowest BCUT2D eigenvalue weighted by atomic mass is 10.1. The Balaban J connectivity index is 1.67. The Bertz CT molecular complexity index is 918. The molecule has 0 unspecified atom stereocenters. The zero-order valence-electron chi connectivity index (χ0n) is 15.1. The maximum absolute atomic E-state index is 14.1. The second kappa shape index (κ2) is 8.16. The maximum atomic E-state index is 14.1. The summed E-state index contributed by atoms with van der Waals surface area (Å²) in [4.78, 5) is 35.0. The van der Waals surface area contributed by atoms with E-state index in [4.69, 9.17) is 0 Å². The molecule has 1 fully saturated rings. The Morgan fingerprint density at radius 1 is 1.07 bits per heavy atom. The predicted octanol–water partition coefficient (Wildman–Crippen LogP) is 2.33. The molecule has 0 aliphatic heterocycles. The van der Waals surface area contributed by atoms with Gasteiger partial charge in [-0.25, -0.2) is 8.78 Å². The van der Waals surface area contributed by atoms with Gasteiger partial charge in [0, 0.05) is 24.9 Å². The molecule has 0 heterocycles. The monoisotopic (exact) mass is 387 g/mol. The van der Waals surface area contributed by atoms with Crippen LogP contribution in [0.5, 0.6) is 0 Å². The van der Waals surface area contributed by atoms with Crippen LogP contribution in [0.15, 0.2) is 42.5 Å². The van der Waals surface area contributed by atoms with Gasteiger partial charge in [-0.3, -0.25) is 14.4 Å². The maximum Gasteiger partial charge on any atom is 0.254 e. The molecular formula is C20H19F2N3O3. The minimum atomic E-state index is -1.02. The van der Waals surface area contributed by atoms with Crippen LogP contribution < -0.4 is 16.0 Å². The summed E-state index contributed by atoms with van der Waals surface area (Å²) in [5, 5.41) is 7.21. The fraction of sp³-hybridized carbons (Fsp3) is 0.250. The number of carbonyl (C=O) groups is 3. The lowest BCUT2D eigenvalue weighted by Gasteiger charge is -2.11. The van der Waals surface area contributed by atoms with Crippen LogP contribution in [-0.2, 0) is 9.59 Å². The van der Waals surface area contributed by atoms with Crippen LogP contribution in [0, 0.1) is 11.6 Å². The summed E-state index contributed by atoms with van der Waals surface area (Å²) in [5.74, 6) is -3.68. The quantitative estimate of drug-likeness (QED) is 0.711. The van der Waals surface area contributed by atoms with Gasteiger partial charge < -0.3 is 16.0 Å². The van der Waals surface area contributed by atoms with Crippen molar-refractivity contribution in [1.29, 1.82) is 0 Å². The van der Waals surface area contributed by atoms with Crippen molar-refractivity contribution in [3.63, 3.8) is 0 Å².